The van der Waals surface area contributed by atoms with Crippen molar-refractivity contribution >= 4 is 27.1 Å². The maximum Gasteiger partial charge on any atom is 0.212 e. The van der Waals surface area contributed by atoms with Crippen molar-refractivity contribution in [3.63, 3.8) is 0 Å². The molecule has 2 aliphatic rings. The number of carbonyl (C=O) groups is 1. The van der Waals surface area contributed by atoms with E-state index in [9.17, 15) is 13.2 Å². The fraction of sp³-hybridized carbons (Fsp3) is 0.688. The van der Waals surface area contributed by atoms with E-state index in [2.05, 4.69) is 18.6 Å². The van der Waals surface area contributed by atoms with Crippen LogP contribution in [-0.4, -0.2) is 26.5 Å². The van der Waals surface area contributed by atoms with Gasteiger partial charge in [0.2, 0.25) is 10.0 Å². The van der Waals surface area contributed by atoms with Gasteiger partial charge in [0.15, 0.2) is 0 Å². The first-order chi connectivity index (χ1) is 10.3. The van der Waals surface area contributed by atoms with Gasteiger partial charge in [-0.2, -0.15) is 11.3 Å². The lowest BCUT2D eigenvalue weighted by molar-refractivity contribution is -0.128. The minimum absolute atomic E-state index is 0.0496. The summed E-state index contributed by atoms with van der Waals surface area (Å²) in [6.45, 7) is 4.53. The van der Waals surface area contributed by atoms with Gasteiger partial charge in [0, 0.05) is 18.4 Å². The molecule has 22 heavy (non-hydrogen) atoms. The number of sulfonamides is 1. The molecule has 0 saturated heterocycles. The lowest BCUT2D eigenvalue weighted by Gasteiger charge is -2.36. The van der Waals surface area contributed by atoms with Crippen molar-refractivity contribution in [3.8, 4) is 0 Å². The van der Waals surface area contributed by atoms with Crippen LogP contribution in [0.25, 0.3) is 0 Å². The van der Waals surface area contributed by atoms with Gasteiger partial charge in [-0.05, 0) is 53.0 Å². The second-order valence-electron chi connectivity index (χ2n) is 7.20. The molecule has 0 amide bonds. The first kappa shape index (κ1) is 16.1. The smallest absolute Gasteiger partial charge is 0.212 e. The Morgan fingerprint density at radius 3 is 2.73 bits per heavy atom. The lowest BCUT2D eigenvalue weighted by Crippen LogP contribution is -2.45. The number of carbonyl (C=O) groups excluding carboxylic acids is 1. The highest BCUT2D eigenvalue weighted by molar-refractivity contribution is 7.89. The van der Waals surface area contributed by atoms with Crippen LogP contribution in [-0.2, 0) is 21.2 Å². The number of nitrogens with one attached hydrogen (secondary N) is 1. The van der Waals surface area contributed by atoms with E-state index in [1.807, 2.05) is 16.8 Å². The average Bonchev–Trinajstić information content (AvgIpc) is 3.04. The number of hydrogen-bond acceptors (Lipinski definition) is 4. The molecule has 0 spiro atoms. The summed E-state index contributed by atoms with van der Waals surface area (Å²) in [5.41, 5.74) is 0.266. The Morgan fingerprint density at radius 1 is 1.41 bits per heavy atom. The molecule has 0 aromatic carbocycles. The standard InChI is InChI=1S/C16H23NO3S2/c1-15(2)13-3-6-16(15,14(18)9-13)11-22(19,20)17-7-4-12-5-8-21-10-12/h5,8,10,13,17H,3-4,6-7,9,11H2,1-2H3/t13-,16+/m1/s1. The quantitative estimate of drug-likeness (QED) is 0.865. The van der Waals surface area contributed by atoms with Gasteiger partial charge in [0.05, 0.1) is 5.75 Å². The Kier molecular flexibility index (Phi) is 3.98. The SMILES string of the molecule is CC1(C)[C@@H]2CC[C@]1(CS(=O)(=O)NCCc1ccsc1)C(=O)C2. The molecule has 1 aromatic heterocycles. The lowest BCUT2D eigenvalue weighted by atomic mass is 9.70. The van der Waals surface area contributed by atoms with E-state index in [0.717, 1.165) is 18.4 Å². The van der Waals surface area contributed by atoms with E-state index in [0.29, 0.717) is 25.3 Å². The summed E-state index contributed by atoms with van der Waals surface area (Å²) < 4.78 is 27.6. The molecule has 0 radical (unpaired) electrons. The molecular formula is C16H23NO3S2. The van der Waals surface area contributed by atoms with Crippen LogP contribution in [0, 0.1) is 16.7 Å². The number of fused-ring (bicyclic) bond motifs is 2. The number of hydrogen-bond donors (Lipinski definition) is 1. The number of ketones is 1. The van der Waals surface area contributed by atoms with Crippen molar-refractivity contribution in [2.75, 3.05) is 12.3 Å². The van der Waals surface area contributed by atoms with E-state index < -0.39 is 15.4 Å². The molecule has 122 valence electrons. The number of Topliss-reactive ketones (excluding diaryl/α,β-unsaturated/α-hetero) is 1. The Morgan fingerprint density at radius 2 is 2.18 bits per heavy atom. The van der Waals surface area contributed by atoms with E-state index in [1.54, 1.807) is 11.3 Å². The van der Waals surface area contributed by atoms with Gasteiger partial charge in [0.25, 0.3) is 0 Å². The molecule has 2 bridgehead atoms. The molecule has 2 saturated carbocycles. The maximum absolute atomic E-state index is 12.5. The Bertz CT molecular complexity index is 664. The molecule has 0 unspecified atom stereocenters. The van der Waals surface area contributed by atoms with Crippen LogP contribution in [0.15, 0.2) is 16.8 Å². The first-order valence-electron chi connectivity index (χ1n) is 7.79. The topological polar surface area (TPSA) is 63.2 Å². The predicted octanol–water partition coefficient (Wildman–Crippen LogP) is 2.61. The van der Waals surface area contributed by atoms with Gasteiger partial charge in [-0.15, -0.1) is 0 Å². The zero-order valence-corrected chi connectivity index (χ0v) is 14.7. The normalized spacial score (nSPS) is 30.1. The van der Waals surface area contributed by atoms with Gasteiger partial charge >= 0.3 is 0 Å². The van der Waals surface area contributed by atoms with E-state index in [-0.39, 0.29) is 17.0 Å². The summed E-state index contributed by atoms with van der Waals surface area (Å²) in [6.07, 6.45) is 2.94. The summed E-state index contributed by atoms with van der Waals surface area (Å²) >= 11 is 1.61. The summed E-state index contributed by atoms with van der Waals surface area (Å²) in [5, 5.41) is 4.01. The Labute approximate surface area is 136 Å². The molecule has 1 N–H and O–H groups in total. The molecule has 0 aliphatic heterocycles. The van der Waals surface area contributed by atoms with Crippen molar-refractivity contribution < 1.29 is 13.2 Å². The highest BCUT2D eigenvalue weighted by Gasteiger charge is 2.65. The molecule has 2 aliphatic carbocycles. The molecule has 1 aromatic rings. The third kappa shape index (κ3) is 2.55. The highest BCUT2D eigenvalue weighted by atomic mass is 32.2. The fourth-order valence-electron chi connectivity index (χ4n) is 4.27. The van der Waals surface area contributed by atoms with Crippen molar-refractivity contribution in [2.24, 2.45) is 16.7 Å². The van der Waals surface area contributed by atoms with Gasteiger partial charge in [0.1, 0.15) is 5.78 Å². The van der Waals surface area contributed by atoms with Gasteiger partial charge in [-0.1, -0.05) is 13.8 Å². The van der Waals surface area contributed by atoms with Crippen LogP contribution >= 0.6 is 11.3 Å². The van der Waals surface area contributed by atoms with Crippen LogP contribution in [0.4, 0.5) is 0 Å². The predicted molar refractivity (Wildman–Crippen MR) is 88.4 cm³/mol. The van der Waals surface area contributed by atoms with E-state index in [1.165, 1.54) is 0 Å². The molecule has 6 heteroatoms. The summed E-state index contributed by atoms with van der Waals surface area (Å²) in [5.74, 6) is 0.448. The zero-order valence-electron chi connectivity index (χ0n) is 13.1. The third-order valence-electron chi connectivity index (χ3n) is 5.89. The highest BCUT2D eigenvalue weighted by Crippen LogP contribution is 2.64. The van der Waals surface area contributed by atoms with Crippen LogP contribution in [0.3, 0.4) is 0 Å². The van der Waals surface area contributed by atoms with Gasteiger partial charge in [-0.3, -0.25) is 4.79 Å². The summed E-state index contributed by atoms with van der Waals surface area (Å²) in [7, 11) is -3.43. The number of thiophene rings is 1. The maximum atomic E-state index is 12.5. The van der Waals surface area contributed by atoms with Crippen molar-refractivity contribution in [3.05, 3.63) is 22.4 Å². The van der Waals surface area contributed by atoms with E-state index >= 15 is 0 Å². The van der Waals surface area contributed by atoms with Crippen LogP contribution in [0.5, 0.6) is 0 Å². The van der Waals surface area contributed by atoms with Crippen molar-refractivity contribution in [1.29, 1.82) is 0 Å². The molecule has 3 rings (SSSR count). The fourth-order valence-corrected chi connectivity index (χ4v) is 6.81. The second kappa shape index (κ2) is 5.42. The average molecular weight is 341 g/mol. The Hall–Kier alpha value is -0.720. The molecule has 4 nitrogen and oxygen atoms in total. The van der Waals surface area contributed by atoms with Crippen LogP contribution in [0.2, 0.25) is 0 Å². The zero-order chi connectivity index (χ0) is 16.0. The monoisotopic (exact) mass is 341 g/mol. The Balaban J connectivity index is 1.67. The molecular weight excluding hydrogens is 318 g/mol. The minimum atomic E-state index is -3.43. The molecule has 2 atom stereocenters. The third-order valence-corrected chi connectivity index (χ3v) is 8.14. The first-order valence-corrected chi connectivity index (χ1v) is 10.4. The van der Waals surface area contributed by atoms with Gasteiger partial charge in [-0.25, -0.2) is 13.1 Å². The van der Waals surface area contributed by atoms with E-state index in [4.69, 9.17) is 0 Å². The molecule has 1 heterocycles. The molecule has 2 fully saturated rings. The van der Waals surface area contributed by atoms with Crippen molar-refractivity contribution in [2.45, 2.75) is 39.5 Å². The van der Waals surface area contributed by atoms with Gasteiger partial charge < -0.3 is 0 Å². The summed E-state index contributed by atoms with van der Waals surface area (Å²) in [6, 6.07) is 2.00. The largest absolute Gasteiger partial charge is 0.299 e. The summed E-state index contributed by atoms with van der Waals surface area (Å²) in [4.78, 5) is 12.4. The number of rotatable bonds is 6. The van der Waals surface area contributed by atoms with Crippen molar-refractivity contribution in [1.82, 2.24) is 4.72 Å². The van der Waals surface area contributed by atoms with Crippen LogP contribution in [0.1, 0.15) is 38.7 Å². The van der Waals surface area contributed by atoms with Crippen LogP contribution < -0.4 is 4.72 Å². The second-order valence-corrected chi connectivity index (χ2v) is 9.79. The minimum Gasteiger partial charge on any atom is -0.299 e.